The summed E-state index contributed by atoms with van der Waals surface area (Å²) < 4.78 is 2.07. The van der Waals surface area contributed by atoms with Gasteiger partial charge in [-0.25, -0.2) is 4.98 Å². The molecule has 0 saturated carbocycles. The topological polar surface area (TPSA) is 55.1 Å². The van der Waals surface area contributed by atoms with Crippen LogP contribution in [0.2, 0.25) is 5.02 Å². The maximum Gasteiger partial charge on any atom is 0.313 e. The fourth-order valence-electron chi connectivity index (χ4n) is 2.03. The SMILES string of the molecule is CSCC(C)n1c(SCC(=O)O)nc2c(Cl)cccc21. The Labute approximate surface area is 130 Å². The number of para-hydroxylation sites is 1. The molecule has 1 heterocycles. The van der Waals surface area contributed by atoms with Crippen LogP contribution in [0.15, 0.2) is 23.4 Å². The molecule has 0 aliphatic heterocycles. The normalized spacial score (nSPS) is 12.8. The lowest BCUT2D eigenvalue weighted by atomic mass is 10.3. The summed E-state index contributed by atoms with van der Waals surface area (Å²) in [4.78, 5) is 15.3. The van der Waals surface area contributed by atoms with E-state index in [1.807, 2.05) is 18.4 Å². The molecule has 1 atom stereocenters. The minimum Gasteiger partial charge on any atom is -0.481 e. The van der Waals surface area contributed by atoms with E-state index in [0.29, 0.717) is 10.2 Å². The van der Waals surface area contributed by atoms with Crippen molar-refractivity contribution in [2.45, 2.75) is 18.1 Å². The predicted molar refractivity (Wildman–Crippen MR) is 86.2 cm³/mol. The summed E-state index contributed by atoms with van der Waals surface area (Å²) in [6.45, 7) is 2.10. The Morgan fingerprint density at radius 3 is 2.95 bits per heavy atom. The maximum atomic E-state index is 10.8. The molecule has 0 aliphatic carbocycles. The van der Waals surface area contributed by atoms with Crippen molar-refractivity contribution in [1.82, 2.24) is 9.55 Å². The highest BCUT2D eigenvalue weighted by molar-refractivity contribution is 7.99. The number of aromatic nitrogens is 2. The quantitative estimate of drug-likeness (QED) is 0.817. The van der Waals surface area contributed by atoms with Crippen molar-refractivity contribution < 1.29 is 9.90 Å². The van der Waals surface area contributed by atoms with Crippen LogP contribution in [-0.2, 0) is 4.79 Å². The number of aliphatic carboxylic acids is 1. The third kappa shape index (κ3) is 3.24. The van der Waals surface area contributed by atoms with E-state index in [4.69, 9.17) is 16.7 Å². The molecule has 20 heavy (non-hydrogen) atoms. The molecule has 7 heteroatoms. The number of imidazole rings is 1. The zero-order valence-corrected chi connectivity index (χ0v) is 13.6. The van der Waals surface area contributed by atoms with E-state index in [0.717, 1.165) is 16.8 Å². The number of carboxylic acids is 1. The number of hydrogen-bond donors (Lipinski definition) is 1. The predicted octanol–water partition coefficient (Wildman–Crippen LogP) is 3.79. The third-order valence-corrected chi connectivity index (χ3v) is 4.87. The molecule has 1 unspecified atom stereocenters. The number of nitrogens with zero attached hydrogens (tertiary/aromatic N) is 2. The second kappa shape index (κ2) is 6.74. The van der Waals surface area contributed by atoms with Crippen LogP contribution in [0, 0.1) is 0 Å². The van der Waals surface area contributed by atoms with Gasteiger partial charge in [-0.05, 0) is 25.3 Å². The second-order valence-corrected chi connectivity index (χ2v) is 6.62. The Bertz CT molecular complexity index is 630. The monoisotopic (exact) mass is 330 g/mol. The average molecular weight is 331 g/mol. The number of carbonyl (C=O) groups is 1. The van der Waals surface area contributed by atoms with Crippen molar-refractivity contribution in [2.75, 3.05) is 17.8 Å². The van der Waals surface area contributed by atoms with Crippen LogP contribution in [0.3, 0.4) is 0 Å². The van der Waals surface area contributed by atoms with Crippen LogP contribution in [0.5, 0.6) is 0 Å². The van der Waals surface area contributed by atoms with E-state index in [1.165, 1.54) is 11.8 Å². The lowest BCUT2D eigenvalue weighted by Gasteiger charge is -2.16. The van der Waals surface area contributed by atoms with E-state index in [2.05, 4.69) is 16.5 Å². The average Bonchev–Trinajstić information content (AvgIpc) is 2.76. The maximum absolute atomic E-state index is 10.8. The van der Waals surface area contributed by atoms with E-state index < -0.39 is 5.97 Å². The molecule has 0 radical (unpaired) electrons. The zero-order chi connectivity index (χ0) is 14.7. The van der Waals surface area contributed by atoms with Gasteiger partial charge < -0.3 is 9.67 Å². The van der Waals surface area contributed by atoms with Gasteiger partial charge in [0.1, 0.15) is 5.52 Å². The van der Waals surface area contributed by atoms with E-state index in [9.17, 15) is 4.79 Å². The van der Waals surface area contributed by atoms with Crippen molar-refractivity contribution in [1.29, 1.82) is 0 Å². The van der Waals surface area contributed by atoms with Gasteiger partial charge in [0, 0.05) is 11.8 Å². The standard InChI is InChI=1S/C13H15ClN2O2S2/c1-8(6-19-2)16-10-5-3-4-9(14)12(10)15-13(16)20-7-11(17)18/h3-5,8H,6-7H2,1-2H3,(H,17,18). The van der Waals surface area contributed by atoms with Gasteiger partial charge in [-0.3, -0.25) is 4.79 Å². The summed E-state index contributed by atoms with van der Waals surface area (Å²) in [5.74, 6) is 0.0724. The number of fused-ring (bicyclic) bond motifs is 1. The molecule has 1 aromatic heterocycles. The summed E-state index contributed by atoms with van der Waals surface area (Å²) in [7, 11) is 0. The molecule has 2 rings (SSSR count). The third-order valence-electron chi connectivity index (χ3n) is 2.81. The first kappa shape index (κ1) is 15.5. The van der Waals surface area contributed by atoms with Crippen molar-refractivity contribution >= 4 is 52.1 Å². The van der Waals surface area contributed by atoms with Crippen molar-refractivity contribution in [3.63, 3.8) is 0 Å². The van der Waals surface area contributed by atoms with Gasteiger partial charge in [0.25, 0.3) is 0 Å². The molecule has 0 bridgehead atoms. The first-order valence-corrected chi connectivity index (χ1v) is 8.80. The summed E-state index contributed by atoms with van der Waals surface area (Å²) in [6, 6.07) is 5.88. The molecule has 0 spiro atoms. The minimum absolute atomic E-state index is 0.00702. The van der Waals surface area contributed by atoms with Gasteiger partial charge in [-0.2, -0.15) is 11.8 Å². The number of thioether (sulfide) groups is 2. The molecule has 0 aliphatic rings. The molecule has 2 aromatic rings. The lowest BCUT2D eigenvalue weighted by molar-refractivity contribution is -0.133. The molecular weight excluding hydrogens is 316 g/mol. The van der Waals surface area contributed by atoms with Crippen molar-refractivity contribution in [2.24, 2.45) is 0 Å². The lowest BCUT2D eigenvalue weighted by Crippen LogP contribution is -2.10. The first-order valence-electron chi connectivity index (χ1n) is 6.04. The van der Waals surface area contributed by atoms with Crippen molar-refractivity contribution in [3.05, 3.63) is 23.2 Å². The summed E-state index contributed by atoms with van der Waals surface area (Å²) in [5, 5.41) is 10.1. The summed E-state index contributed by atoms with van der Waals surface area (Å²) >= 11 is 9.16. The molecule has 1 N–H and O–H groups in total. The Morgan fingerprint density at radius 2 is 2.30 bits per heavy atom. The fraction of sp³-hybridized carbons (Fsp3) is 0.385. The number of halogens is 1. The molecule has 0 amide bonds. The fourth-order valence-corrected chi connectivity index (χ4v) is 3.70. The molecule has 0 fully saturated rings. The smallest absolute Gasteiger partial charge is 0.313 e. The first-order chi connectivity index (χ1) is 9.54. The number of hydrogen-bond acceptors (Lipinski definition) is 4. The largest absolute Gasteiger partial charge is 0.481 e. The number of benzene rings is 1. The Morgan fingerprint density at radius 1 is 1.55 bits per heavy atom. The second-order valence-electron chi connectivity index (χ2n) is 4.36. The van der Waals surface area contributed by atoms with Gasteiger partial charge in [0.2, 0.25) is 0 Å². The van der Waals surface area contributed by atoms with Gasteiger partial charge in [0.05, 0.1) is 16.3 Å². The highest BCUT2D eigenvalue weighted by Gasteiger charge is 2.18. The Balaban J connectivity index is 2.50. The van der Waals surface area contributed by atoms with Gasteiger partial charge in [0.15, 0.2) is 5.16 Å². The van der Waals surface area contributed by atoms with Crippen LogP contribution in [0.25, 0.3) is 11.0 Å². The summed E-state index contributed by atoms with van der Waals surface area (Å²) in [6.07, 6.45) is 2.05. The molecule has 108 valence electrons. The zero-order valence-electron chi connectivity index (χ0n) is 11.2. The van der Waals surface area contributed by atoms with Crippen molar-refractivity contribution in [3.8, 4) is 0 Å². The highest BCUT2D eigenvalue weighted by atomic mass is 35.5. The molecule has 1 aromatic carbocycles. The van der Waals surface area contributed by atoms with Crippen LogP contribution in [0.4, 0.5) is 0 Å². The van der Waals surface area contributed by atoms with Crippen LogP contribution >= 0.6 is 35.1 Å². The Kier molecular flexibility index (Phi) is 5.23. The van der Waals surface area contributed by atoms with Crippen LogP contribution in [-0.4, -0.2) is 38.4 Å². The van der Waals surface area contributed by atoms with Crippen LogP contribution in [0.1, 0.15) is 13.0 Å². The van der Waals surface area contributed by atoms with Gasteiger partial charge >= 0.3 is 5.97 Å². The minimum atomic E-state index is -0.850. The van der Waals surface area contributed by atoms with E-state index in [-0.39, 0.29) is 11.8 Å². The summed E-state index contributed by atoms with van der Waals surface area (Å²) in [5.41, 5.74) is 1.68. The van der Waals surface area contributed by atoms with Gasteiger partial charge in [-0.1, -0.05) is 29.4 Å². The molecule has 0 saturated heterocycles. The van der Waals surface area contributed by atoms with E-state index >= 15 is 0 Å². The van der Waals surface area contributed by atoms with Gasteiger partial charge in [-0.15, -0.1) is 0 Å². The number of rotatable bonds is 6. The molecule has 4 nitrogen and oxygen atoms in total. The molecular formula is C13H15ClN2O2S2. The Hall–Kier alpha value is -0.850. The highest BCUT2D eigenvalue weighted by Crippen LogP contribution is 2.32. The van der Waals surface area contributed by atoms with Crippen LogP contribution < -0.4 is 0 Å². The van der Waals surface area contributed by atoms with E-state index in [1.54, 1.807) is 17.8 Å². The number of carboxylic acid groups (broad SMARTS) is 1.